The quantitative estimate of drug-likeness (QED) is 0.684. The van der Waals surface area contributed by atoms with Gasteiger partial charge in [0.15, 0.2) is 0 Å². The first-order chi connectivity index (χ1) is 5.70. The summed E-state index contributed by atoms with van der Waals surface area (Å²) in [5.74, 6) is -0.430. The maximum Gasteiger partial charge on any atom is 0.312 e. The molecule has 2 aliphatic carbocycles. The number of carbonyl (C=O) groups is 1. The molecule has 0 aromatic heterocycles. The molecule has 4 heteroatoms. The van der Waals surface area contributed by atoms with Gasteiger partial charge >= 0.3 is 5.97 Å². The Morgan fingerprint density at radius 1 is 1.46 bits per heavy atom. The fourth-order valence-corrected chi connectivity index (χ4v) is 2.76. The highest BCUT2D eigenvalue weighted by Crippen LogP contribution is 2.45. The summed E-state index contributed by atoms with van der Waals surface area (Å²) in [6.07, 6.45) is 4.05. The molecular weight excluding hydrogens is 190 g/mol. The van der Waals surface area contributed by atoms with E-state index in [1.165, 1.54) is 0 Å². The summed E-state index contributed by atoms with van der Waals surface area (Å²) in [6.45, 7) is 0. The molecule has 0 spiro atoms. The zero-order chi connectivity index (χ0) is 8.72. The molecule has 0 aliphatic heterocycles. The molecule has 0 bridgehead atoms. The molecule has 2 N–H and O–H groups in total. The minimum Gasteiger partial charge on any atom is -0.481 e. The Hall–Kier alpha value is -0.570. The Balaban J connectivity index is 0.000000845. The monoisotopic (exact) mass is 203 g/mol. The Morgan fingerprint density at radius 2 is 2.15 bits per heavy atom. The van der Waals surface area contributed by atoms with Gasteiger partial charge in [-0.15, -0.1) is 12.4 Å². The summed E-state index contributed by atoms with van der Waals surface area (Å²) in [5.41, 5.74) is 0.456. The lowest BCUT2D eigenvalue weighted by atomic mass is 9.92. The molecule has 0 amide bonds. The first-order valence-electron chi connectivity index (χ1n) is 4.50. The normalized spacial score (nSPS) is 36.9. The van der Waals surface area contributed by atoms with E-state index in [0.29, 0.717) is 11.6 Å². The fourth-order valence-electron chi connectivity index (χ4n) is 2.76. The van der Waals surface area contributed by atoms with Gasteiger partial charge in [-0.3, -0.25) is 4.79 Å². The SMILES string of the molecule is Cl.N=C1CC2CCCC2C1C(=O)O. The Bertz CT molecular complexity index is 242. The Kier molecular flexibility index (Phi) is 2.96. The van der Waals surface area contributed by atoms with Gasteiger partial charge in [-0.1, -0.05) is 6.42 Å². The molecule has 2 fully saturated rings. The smallest absolute Gasteiger partial charge is 0.312 e. The number of hydrogen-bond acceptors (Lipinski definition) is 2. The van der Waals surface area contributed by atoms with Crippen molar-refractivity contribution in [2.75, 3.05) is 0 Å². The molecule has 74 valence electrons. The molecule has 3 nitrogen and oxygen atoms in total. The van der Waals surface area contributed by atoms with Crippen LogP contribution in [0.4, 0.5) is 0 Å². The van der Waals surface area contributed by atoms with Crippen molar-refractivity contribution in [1.82, 2.24) is 0 Å². The topological polar surface area (TPSA) is 61.2 Å². The van der Waals surface area contributed by atoms with Gasteiger partial charge in [-0.05, 0) is 31.1 Å². The van der Waals surface area contributed by atoms with Gasteiger partial charge < -0.3 is 10.5 Å². The largest absolute Gasteiger partial charge is 0.481 e. The second kappa shape index (κ2) is 3.66. The number of hydrogen-bond donors (Lipinski definition) is 2. The van der Waals surface area contributed by atoms with E-state index in [9.17, 15) is 4.79 Å². The number of fused-ring (bicyclic) bond motifs is 1. The molecule has 0 radical (unpaired) electrons. The lowest BCUT2D eigenvalue weighted by molar-refractivity contribution is -0.140. The van der Waals surface area contributed by atoms with Crippen LogP contribution in [-0.4, -0.2) is 16.8 Å². The zero-order valence-electron chi connectivity index (χ0n) is 7.32. The lowest BCUT2D eigenvalue weighted by Crippen LogP contribution is -2.23. The van der Waals surface area contributed by atoms with Crippen molar-refractivity contribution in [2.45, 2.75) is 25.7 Å². The first kappa shape index (κ1) is 10.5. The minimum atomic E-state index is -0.783. The van der Waals surface area contributed by atoms with Gasteiger partial charge in [-0.2, -0.15) is 0 Å². The van der Waals surface area contributed by atoms with Crippen LogP contribution in [0.25, 0.3) is 0 Å². The van der Waals surface area contributed by atoms with Crippen LogP contribution in [0.5, 0.6) is 0 Å². The van der Waals surface area contributed by atoms with E-state index >= 15 is 0 Å². The van der Waals surface area contributed by atoms with Crippen LogP contribution in [0, 0.1) is 23.2 Å². The van der Waals surface area contributed by atoms with Crippen molar-refractivity contribution in [2.24, 2.45) is 17.8 Å². The predicted molar refractivity (Wildman–Crippen MR) is 51.5 cm³/mol. The number of carboxylic acid groups (broad SMARTS) is 1. The highest BCUT2D eigenvalue weighted by Gasteiger charge is 2.46. The summed E-state index contributed by atoms with van der Waals surface area (Å²) < 4.78 is 0. The molecule has 2 saturated carbocycles. The average molecular weight is 204 g/mol. The van der Waals surface area contributed by atoms with E-state index < -0.39 is 11.9 Å². The van der Waals surface area contributed by atoms with Gasteiger partial charge in [-0.25, -0.2) is 0 Å². The molecule has 2 rings (SSSR count). The van der Waals surface area contributed by atoms with Crippen LogP contribution in [0.2, 0.25) is 0 Å². The molecule has 0 aromatic carbocycles. The number of rotatable bonds is 1. The van der Waals surface area contributed by atoms with Crippen LogP contribution in [-0.2, 0) is 4.79 Å². The molecule has 3 unspecified atom stereocenters. The number of halogens is 1. The maximum atomic E-state index is 10.8. The third-order valence-electron chi connectivity index (χ3n) is 3.27. The van der Waals surface area contributed by atoms with Crippen molar-refractivity contribution in [3.05, 3.63) is 0 Å². The molecule has 3 atom stereocenters. The molecule has 13 heavy (non-hydrogen) atoms. The van der Waals surface area contributed by atoms with E-state index in [1.54, 1.807) is 0 Å². The highest BCUT2D eigenvalue weighted by atomic mass is 35.5. The molecule has 0 heterocycles. The molecule has 0 aromatic rings. The maximum absolute atomic E-state index is 10.8. The van der Waals surface area contributed by atoms with Gasteiger partial charge in [0.25, 0.3) is 0 Å². The van der Waals surface area contributed by atoms with Crippen molar-refractivity contribution in [3.63, 3.8) is 0 Å². The minimum absolute atomic E-state index is 0. The number of carboxylic acids is 1. The van der Waals surface area contributed by atoms with Crippen LogP contribution in [0.15, 0.2) is 0 Å². The fraction of sp³-hybridized carbons (Fsp3) is 0.778. The van der Waals surface area contributed by atoms with E-state index in [0.717, 1.165) is 25.7 Å². The molecule has 0 saturated heterocycles. The highest BCUT2D eigenvalue weighted by molar-refractivity contribution is 6.02. The lowest BCUT2D eigenvalue weighted by Gasteiger charge is -2.12. The third kappa shape index (κ3) is 1.57. The molecule has 2 aliphatic rings. The summed E-state index contributed by atoms with van der Waals surface area (Å²) >= 11 is 0. The summed E-state index contributed by atoms with van der Waals surface area (Å²) in [4.78, 5) is 10.8. The van der Waals surface area contributed by atoms with Gasteiger partial charge in [0.2, 0.25) is 0 Å². The van der Waals surface area contributed by atoms with Crippen LogP contribution >= 0.6 is 12.4 Å². The van der Waals surface area contributed by atoms with Gasteiger partial charge in [0.1, 0.15) is 0 Å². The summed E-state index contributed by atoms with van der Waals surface area (Å²) in [5, 5.41) is 16.4. The van der Waals surface area contributed by atoms with Crippen molar-refractivity contribution >= 4 is 24.1 Å². The summed E-state index contributed by atoms with van der Waals surface area (Å²) in [7, 11) is 0. The van der Waals surface area contributed by atoms with E-state index in [4.69, 9.17) is 10.5 Å². The van der Waals surface area contributed by atoms with Gasteiger partial charge in [0.05, 0.1) is 5.92 Å². The van der Waals surface area contributed by atoms with Crippen molar-refractivity contribution in [3.8, 4) is 0 Å². The van der Waals surface area contributed by atoms with E-state index in [-0.39, 0.29) is 18.3 Å². The Labute approximate surface area is 83.4 Å². The van der Waals surface area contributed by atoms with Crippen LogP contribution in [0.3, 0.4) is 0 Å². The first-order valence-corrected chi connectivity index (χ1v) is 4.50. The average Bonchev–Trinajstić information content (AvgIpc) is 2.44. The van der Waals surface area contributed by atoms with E-state index in [1.807, 2.05) is 0 Å². The third-order valence-corrected chi connectivity index (χ3v) is 3.27. The molecular formula is C9H14ClNO2. The van der Waals surface area contributed by atoms with E-state index in [2.05, 4.69) is 0 Å². The Morgan fingerprint density at radius 3 is 2.77 bits per heavy atom. The van der Waals surface area contributed by atoms with Crippen LogP contribution in [0.1, 0.15) is 25.7 Å². The van der Waals surface area contributed by atoms with Gasteiger partial charge in [0, 0.05) is 5.71 Å². The summed E-state index contributed by atoms with van der Waals surface area (Å²) in [6, 6.07) is 0. The predicted octanol–water partition coefficient (Wildman–Crippen LogP) is 1.95. The standard InChI is InChI=1S/C9H13NO2.ClH/c10-7-4-5-2-1-3-6(5)8(7)9(11)12;/h5-6,8,10H,1-4H2,(H,11,12);1H. The number of nitrogens with one attached hydrogen (secondary N) is 1. The number of aliphatic carboxylic acids is 1. The second-order valence-corrected chi connectivity index (χ2v) is 3.90. The van der Waals surface area contributed by atoms with Crippen molar-refractivity contribution < 1.29 is 9.90 Å². The second-order valence-electron chi connectivity index (χ2n) is 3.90. The van der Waals surface area contributed by atoms with Crippen LogP contribution < -0.4 is 0 Å². The van der Waals surface area contributed by atoms with Crippen molar-refractivity contribution in [1.29, 1.82) is 5.41 Å². The zero-order valence-corrected chi connectivity index (χ0v) is 8.14.